The first kappa shape index (κ1) is 17.8. The van der Waals surface area contributed by atoms with E-state index >= 15 is 0 Å². The number of carbonyl (C=O) groups is 2. The summed E-state index contributed by atoms with van der Waals surface area (Å²) in [7, 11) is 1.91. The summed E-state index contributed by atoms with van der Waals surface area (Å²) in [5.74, 6) is 0.327. The first-order valence-electron chi connectivity index (χ1n) is 9.72. The van der Waals surface area contributed by atoms with Crippen LogP contribution in [0.4, 0.5) is 0 Å². The van der Waals surface area contributed by atoms with E-state index in [-0.39, 0.29) is 17.2 Å². The number of nitrogens with one attached hydrogen (secondary N) is 1. The van der Waals surface area contributed by atoms with Crippen molar-refractivity contribution in [3.05, 3.63) is 42.2 Å². The minimum Gasteiger partial charge on any atom is -0.348 e. The van der Waals surface area contributed by atoms with E-state index in [4.69, 9.17) is 0 Å². The number of aromatic amines is 1. The van der Waals surface area contributed by atoms with Crippen LogP contribution in [-0.4, -0.2) is 62.3 Å². The monoisotopic (exact) mass is 369 g/mol. The van der Waals surface area contributed by atoms with Gasteiger partial charge in [0.05, 0.1) is 6.33 Å². The van der Waals surface area contributed by atoms with Crippen molar-refractivity contribution in [1.82, 2.24) is 24.3 Å². The molecule has 0 bridgehead atoms. The average Bonchev–Trinajstić information content (AvgIpc) is 3.34. The standard InChI is InChI=1S/C20H27N5O2/c1-23-9-2-4-17(23)19(27)25-10-3-7-20(14-25)8-5-18(26)24(13-20)11-6-16-12-21-15-22-16/h2,4,9,12,15H,3,5-8,10-11,13-14H2,1H3,(H,21,22). The number of nitrogens with zero attached hydrogens (tertiary/aromatic N) is 4. The van der Waals surface area contributed by atoms with E-state index in [9.17, 15) is 9.59 Å². The van der Waals surface area contributed by atoms with Crippen molar-refractivity contribution < 1.29 is 9.59 Å². The Balaban J connectivity index is 1.44. The van der Waals surface area contributed by atoms with Crippen molar-refractivity contribution in [1.29, 1.82) is 0 Å². The first-order chi connectivity index (χ1) is 13.1. The molecular formula is C20H27N5O2. The second kappa shape index (κ2) is 7.21. The van der Waals surface area contributed by atoms with Gasteiger partial charge in [-0.05, 0) is 31.4 Å². The molecule has 7 nitrogen and oxygen atoms in total. The second-order valence-corrected chi connectivity index (χ2v) is 7.98. The Bertz CT molecular complexity index is 812. The van der Waals surface area contributed by atoms with Gasteiger partial charge in [-0.15, -0.1) is 0 Å². The highest BCUT2D eigenvalue weighted by Crippen LogP contribution is 2.39. The SMILES string of the molecule is Cn1cccc1C(=O)N1CCCC2(CCC(=O)N(CCc3cnc[nH]3)C2)C1. The minimum atomic E-state index is 0.0287. The second-order valence-electron chi connectivity index (χ2n) is 7.98. The molecule has 27 heavy (non-hydrogen) atoms. The summed E-state index contributed by atoms with van der Waals surface area (Å²) in [5, 5.41) is 0. The lowest BCUT2D eigenvalue weighted by Gasteiger charge is -2.48. The summed E-state index contributed by atoms with van der Waals surface area (Å²) in [6.07, 6.45) is 9.71. The molecule has 7 heteroatoms. The number of imidazole rings is 1. The van der Waals surface area contributed by atoms with E-state index in [1.165, 1.54) is 0 Å². The van der Waals surface area contributed by atoms with Crippen LogP contribution in [0.1, 0.15) is 41.9 Å². The number of aromatic nitrogens is 3. The topological polar surface area (TPSA) is 74.2 Å². The van der Waals surface area contributed by atoms with Crippen LogP contribution in [0.15, 0.2) is 30.9 Å². The van der Waals surface area contributed by atoms with Gasteiger partial charge in [-0.25, -0.2) is 4.98 Å². The van der Waals surface area contributed by atoms with Crippen molar-refractivity contribution >= 4 is 11.8 Å². The zero-order valence-electron chi connectivity index (χ0n) is 15.9. The lowest BCUT2D eigenvalue weighted by molar-refractivity contribution is -0.138. The van der Waals surface area contributed by atoms with Gasteiger partial charge in [-0.3, -0.25) is 9.59 Å². The fraction of sp³-hybridized carbons (Fsp3) is 0.550. The normalized spacial score (nSPS) is 23.2. The smallest absolute Gasteiger partial charge is 0.270 e. The number of aryl methyl sites for hydroxylation is 1. The zero-order valence-corrected chi connectivity index (χ0v) is 15.9. The number of amides is 2. The van der Waals surface area contributed by atoms with E-state index in [1.807, 2.05) is 45.9 Å². The Morgan fingerprint density at radius 1 is 1.33 bits per heavy atom. The quantitative estimate of drug-likeness (QED) is 0.894. The molecule has 0 aliphatic carbocycles. The highest BCUT2D eigenvalue weighted by Gasteiger charge is 2.42. The number of hydrogen-bond donors (Lipinski definition) is 1. The maximum Gasteiger partial charge on any atom is 0.270 e. The summed E-state index contributed by atoms with van der Waals surface area (Å²) < 4.78 is 1.88. The molecule has 2 saturated heterocycles. The number of piperidine rings is 2. The van der Waals surface area contributed by atoms with Crippen LogP contribution >= 0.6 is 0 Å². The molecule has 2 aliphatic heterocycles. The third kappa shape index (κ3) is 3.63. The van der Waals surface area contributed by atoms with E-state index in [0.717, 1.165) is 56.7 Å². The number of hydrogen-bond acceptors (Lipinski definition) is 3. The highest BCUT2D eigenvalue weighted by atomic mass is 16.2. The average molecular weight is 369 g/mol. The minimum absolute atomic E-state index is 0.0287. The van der Waals surface area contributed by atoms with Crippen molar-refractivity contribution in [2.75, 3.05) is 26.2 Å². The summed E-state index contributed by atoms with van der Waals surface area (Å²) in [6, 6.07) is 3.79. The predicted octanol–water partition coefficient (Wildman–Crippen LogP) is 1.84. The van der Waals surface area contributed by atoms with E-state index in [1.54, 1.807) is 6.33 Å². The molecule has 1 N–H and O–H groups in total. The van der Waals surface area contributed by atoms with Crippen molar-refractivity contribution in [3.8, 4) is 0 Å². The van der Waals surface area contributed by atoms with Gasteiger partial charge in [0.2, 0.25) is 5.91 Å². The van der Waals surface area contributed by atoms with Gasteiger partial charge in [-0.2, -0.15) is 0 Å². The molecule has 0 saturated carbocycles. The maximum absolute atomic E-state index is 12.9. The third-order valence-corrected chi connectivity index (χ3v) is 6.07. The van der Waals surface area contributed by atoms with E-state index in [0.29, 0.717) is 13.0 Å². The van der Waals surface area contributed by atoms with Gasteiger partial charge in [-0.1, -0.05) is 0 Å². The lowest BCUT2D eigenvalue weighted by Crippen LogP contribution is -2.55. The molecule has 4 heterocycles. The van der Waals surface area contributed by atoms with Crippen molar-refractivity contribution in [3.63, 3.8) is 0 Å². The van der Waals surface area contributed by atoms with E-state index < -0.39 is 0 Å². The fourth-order valence-corrected chi connectivity index (χ4v) is 4.54. The lowest BCUT2D eigenvalue weighted by atomic mass is 9.73. The molecule has 2 amide bonds. The Morgan fingerprint density at radius 2 is 2.22 bits per heavy atom. The van der Waals surface area contributed by atoms with Crippen molar-refractivity contribution in [2.24, 2.45) is 12.5 Å². The predicted molar refractivity (Wildman–Crippen MR) is 101 cm³/mol. The van der Waals surface area contributed by atoms with E-state index in [2.05, 4.69) is 9.97 Å². The Morgan fingerprint density at radius 3 is 2.96 bits per heavy atom. The van der Waals surface area contributed by atoms with Crippen molar-refractivity contribution in [2.45, 2.75) is 32.1 Å². The molecule has 1 spiro atoms. The Hall–Kier alpha value is -2.57. The number of rotatable bonds is 4. The summed E-state index contributed by atoms with van der Waals surface area (Å²) in [4.78, 5) is 36.5. The molecule has 2 aliphatic rings. The fourth-order valence-electron chi connectivity index (χ4n) is 4.54. The highest BCUT2D eigenvalue weighted by molar-refractivity contribution is 5.92. The molecule has 2 aromatic rings. The summed E-state index contributed by atoms with van der Waals surface area (Å²) >= 11 is 0. The number of H-pyrrole nitrogens is 1. The van der Waals surface area contributed by atoms with Gasteiger partial charge in [0.25, 0.3) is 5.91 Å². The van der Waals surface area contributed by atoms with Gasteiger partial charge < -0.3 is 19.4 Å². The molecule has 2 fully saturated rings. The Labute approximate surface area is 159 Å². The van der Waals surface area contributed by atoms with Crippen LogP contribution in [-0.2, 0) is 18.3 Å². The molecule has 1 atom stereocenters. The summed E-state index contributed by atoms with van der Waals surface area (Å²) in [5.41, 5.74) is 1.81. The zero-order chi connectivity index (χ0) is 18.9. The molecule has 2 aromatic heterocycles. The van der Waals surface area contributed by atoms with Gasteiger partial charge >= 0.3 is 0 Å². The van der Waals surface area contributed by atoms with Crippen LogP contribution in [0.3, 0.4) is 0 Å². The summed E-state index contributed by atoms with van der Waals surface area (Å²) in [6.45, 7) is 2.99. The van der Waals surface area contributed by atoms with Gasteiger partial charge in [0, 0.05) is 69.6 Å². The van der Waals surface area contributed by atoms with Crippen LogP contribution in [0.2, 0.25) is 0 Å². The number of carbonyl (C=O) groups excluding carboxylic acids is 2. The van der Waals surface area contributed by atoms with Crippen LogP contribution in [0, 0.1) is 5.41 Å². The molecule has 0 aromatic carbocycles. The molecular weight excluding hydrogens is 342 g/mol. The third-order valence-electron chi connectivity index (χ3n) is 6.07. The molecule has 0 radical (unpaired) electrons. The van der Waals surface area contributed by atoms with Crippen LogP contribution < -0.4 is 0 Å². The maximum atomic E-state index is 12.9. The molecule has 4 rings (SSSR count). The van der Waals surface area contributed by atoms with Gasteiger partial charge in [0.1, 0.15) is 5.69 Å². The Kier molecular flexibility index (Phi) is 4.76. The molecule has 144 valence electrons. The largest absolute Gasteiger partial charge is 0.348 e. The van der Waals surface area contributed by atoms with Crippen LogP contribution in [0.5, 0.6) is 0 Å². The number of likely N-dealkylation sites (tertiary alicyclic amines) is 2. The van der Waals surface area contributed by atoms with Gasteiger partial charge in [0.15, 0.2) is 0 Å². The first-order valence-corrected chi connectivity index (χ1v) is 9.72. The van der Waals surface area contributed by atoms with Crippen LogP contribution in [0.25, 0.3) is 0 Å². The molecule has 1 unspecified atom stereocenters.